The number of nitrogens with one attached hydrogen (secondary N) is 1. The van der Waals surface area contributed by atoms with Crippen LogP contribution in [0.15, 0.2) is 103 Å². The lowest BCUT2D eigenvalue weighted by molar-refractivity contribution is 0.0696. The second kappa shape index (κ2) is 10.7. The highest BCUT2D eigenvalue weighted by atomic mass is 19.1. The molecular weight excluding hydrogens is 524 g/mol. The number of amides is 1. The zero-order chi connectivity index (χ0) is 28.5. The molecular formula is C33H23F2N3O3. The Morgan fingerprint density at radius 3 is 2.22 bits per heavy atom. The van der Waals surface area contributed by atoms with Crippen molar-refractivity contribution in [2.45, 2.75) is 13.0 Å². The summed E-state index contributed by atoms with van der Waals surface area (Å²) in [6.07, 6.45) is 2.15. The summed E-state index contributed by atoms with van der Waals surface area (Å²) in [5.74, 6) is -2.06. The fraction of sp³-hybridized carbons (Fsp3) is 0.0606. The third kappa shape index (κ3) is 5.40. The Kier molecular flexibility index (Phi) is 6.73. The third-order valence-corrected chi connectivity index (χ3v) is 7.00. The van der Waals surface area contributed by atoms with Gasteiger partial charge in [-0.05, 0) is 81.6 Å². The molecule has 0 fully saturated rings. The number of halogens is 2. The van der Waals surface area contributed by atoms with E-state index in [4.69, 9.17) is 5.11 Å². The summed E-state index contributed by atoms with van der Waals surface area (Å²) in [6.45, 7) is 0.182. The van der Waals surface area contributed by atoms with Crippen molar-refractivity contribution in [2.75, 3.05) is 0 Å². The lowest BCUT2D eigenvalue weighted by Crippen LogP contribution is -2.25. The van der Waals surface area contributed by atoms with Crippen LogP contribution in [0.2, 0.25) is 0 Å². The zero-order valence-corrected chi connectivity index (χ0v) is 21.6. The molecule has 41 heavy (non-hydrogen) atoms. The van der Waals surface area contributed by atoms with E-state index in [1.54, 1.807) is 47.0 Å². The Hall–Kier alpha value is -5.37. The normalized spacial score (nSPS) is 11.2. The van der Waals surface area contributed by atoms with Crippen molar-refractivity contribution in [2.24, 2.45) is 0 Å². The molecule has 0 spiro atoms. The fourth-order valence-corrected chi connectivity index (χ4v) is 4.90. The molecule has 202 valence electrons. The molecule has 8 heteroatoms. The minimum absolute atomic E-state index is 0.160. The van der Waals surface area contributed by atoms with Crippen molar-refractivity contribution in [1.29, 1.82) is 0 Å². The molecule has 6 nitrogen and oxygen atoms in total. The molecule has 0 aliphatic rings. The number of hydrogen-bond acceptors (Lipinski definition) is 3. The Labute approximate surface area is 233 Å². The van der Waals surface area contributed by atoms with Gasteiger partial charge < -0.3 is 10.4 Å². The summed E-state index contributed by atoms with van der Waals surface area (Å²) in [7, 11) is 0. The van der Waals surface area contributed by atoms with Gasteiger partial charge in [0.15, 0.2) is 0 Å². The first-order valence-corrected chi connectivity index (χ1v) is 12.9. The number of hydrogen-bond donors (Lipinski definition) is 2. The van der Waals surface area contributed by atoms with Gasteiger partial charge in [0.05, 0.1) is 5.56 Å². The Balaban J connectivity index is 1.37. The van der Waals surface area contributed by atoms with Crippen LogP contribution in [0.3, 0.4) is 0 Å². The first kappa shape index (κ1) is 25.9. The van der Waals surface area contributed by atoms with Crippen molar-refractivity contribution in [3.8, 4) is 11.1 Å². The highest BCUT2D eigenvalue weighted by Gasteiger charge is 2.17. The summed E-state index contributed by atoms with van der Waals surface area (Å²) in [4.78, 5) is 29.3. The van der Waals surface area contributed by atoms with E-state index in [1.165, 1.54) is 36.4 Å². The first-order valence-electron chi connectivity index (χ1n) is 12.9. The van der Waals surface area contributed by atoms with Crippen LogP contribution in [-0.2, 0) is 13.0 Å². The monoisotopic (exact) mass is 547 g/mol. The van der Waals surface area contributed by atoms with Gasteiger partial charge in [-0.25, -0.2) is 18.6 Å². The lowest BCUT2D eigenvalue weighted by Gasteiger charge is -2.13. The average Bonchev–Trinajstić information content (AvgIpc) is 3.38. The quantitative estimate of drug-likeness (QED) is 0.234. The van der Waals surface area contributed by atoms with Gasteiger partial charge in [0.25, 0.3) is 5.91 Å². The van der Waals surface area contributed by atoms with Crippen LogP contribution in [0.1, 0.15) is 37.7 Å². The van der Waals surface area contributed by atoms with Gasteiger partial charge in [0.1, 0.15) is 23.0 Å². The van der Waals surface area contributed by atoms with Gasteiger partial charge in [0.2, 0.25) is 0 Å². The second-order valence-corrected chi connectivity index (χ2v) is 9.77. The van der Waals surface area contributed by atoms with Gasteiger partial charge >= 0.3 is 5.97 Å². The van der Waals surface area contributed by atoms with E-state index in [2.05, 4.69) is 10.3 Å². The molecule has 0 saturated carbocycles. The summed E-state index contributed by atoms with van der Waals surface area (Å²) >= 11 is 0. The maximum Gasteiger partial charge on any atom is 0.335 e. The Morgan fingerprint density at radius 1 is 0.756 bits per heavy atom. The molecule has 0 bridgehead atoms. The molecule has 2 heterocycles. The minimum Gasteiger partial charge on any atom is -0.478 e. The summed E-state index contributed by atoms with van der Waals surface area (Å²) in [6, 6.07) is 26.3. The largest absolute Gasteiger partial charge is 0.478 e. The minimum atomic E-state index is -1.02. The number of pyridine rings is 1. The van der Waals surface area contributed by atoms with Crippen LogP contribution in [0.4, 0.5) is 8.78 Å². The zero-order valence-electron chi connectivity index (χ0n) is 21.6. The molecule has 0 radical (unpaired) electrons. The van der Waals surface area contributed by atoms with Crippen LogP contribution >= 0.6 is 0 Å². The van der Waals surface area contributed by atoms with Crippen molar-refractivity contribution >= 4 is 28.3 Å². The number of rotatable bonds is 7. The first-order chi connectivity index (χ1) is 19.8. The Morgan fingerprint density at radius 2 is 1.46 bits per heavy atom. The fourth-order valence-electron chi connectivity index (χ4n) is 4.90. The predicted octanol–water partition coefficient (Wildman–Crippen LogP) is 6.65. The molecule has 2 N–H and O–H groups in total. The summed E-state index contributed by atoms with van der Waals surface area (Å²) < 4.78 is 29.2. The second-order valence-electron chi connectivity index (χ2n) is 9.77. The van der Waals surface area contributed by atoms with E-state index in [0.717, 1.165) is 33.2 Å². The van der Waals surface area contributed by atoms with Crippen molar-refractivity contribution in [3.63, 3.8) is 0 Å². The SMILES string of the molecule is O=C(O)c1ccc(CNC(=O)c2cc(-c3ccc(F)cc3)cc3ncc(Cc4ccc5ccc(F)cc5c4)n23)cc1. The number of fused-ring (bicyclic) bond motifs is 2. The number of imidazole rings is 1. The molecule has 0 unspecified atom stereocenters. The highest BCUT2D eigenvalue weighted by molar-refractivity contribution is 5.95. The van der Waals surface area contributed by atoms with E-state index in [0.29, 0.717) is 23.3 Å². The van der Waals surface area contributed by atoms with E-state index < -0.39 is 5.97 Å². The number of nitrogens with zero attached hydrogens (tertiary/aromatic N) is 2. The van der Waals surface area contributed by atoms with Gasteiger partial charge in [-0.15, -0.1) is 0 Å². The molecule has 0 saturated heterocycles. The van der Waals surface area contributed by atoms with E-state index in [9.17, 15) is 18.4 Å². The predicted molar refractivity (Wildman–Crippen MR) is 152 cm³/mol. The van der Waals surface area contributed by atoms with Gasteiger partial charge in [-0.1, -0.05) is 48.5 Å². The average molecular weight is 548 g/mol. The van der Waals surface area contributed by atoms with Crippen molar-refractivity contribution in [1.82, 2.24) is 14.7 Å². The van der Waals surface area contributed by atoms with Crippen LogP contribution < -0.4 is 5.32 Å². The van der Waals surface area contributed by atoms with Gasteiger partial charge in [0, 0.05) is 24.9 Å². The van der Waals surface area contributed by atoms with Crippen molar-refractivity contribution < 1.29 is 23.5 Å². The van der Waals surface area contributed by atoms with Crippen LogP contribution in [0.5, 0.6) is 0 Å². The van der Waals surface area contributed by atoms with Crippen LogP contribution in [0.25, 0.3) is 27.5 Å². The molecule has 6 aromatic rings. The topological polar surface area (TPSA) is 83.7 Å². The Bertz CT molecular complexity index is 1930. The van der Waals surface area contributed by atoms with Crippen LogP contribution in [-0.4, -0.2) is 26.4 Å². The van der Waals surface area contributed by atoms with E-state index in [-0.39, 0.29) is 29.6 Å². The molecule has 0 atom stereocenters. The molecule has 0 aliphatic carbocycles. The highest BCUT2D eigenvalue weighted by Crippen LogP contribution is 2.26. The molecule has 4 aromatic carbocycles. The standard InChI is InChI=1S/C33H23F2N3O3/c34-27-10-7-23(8-11-27)26-16-30(32(39)37-18-20-1-5-24(6-2-20)33(40)41)38-29(19-36-31(38)17-26)14-21-3-4-22-9-12-28(35)15-25(22)13-21/h1-13,15-17,19H,14,18H2,(H,37,39)(H,40,41). The number of carbonyl (C=O) groups excluding carboxylic acids is 1. The number of aromatic nitrogens is 2. The van der Waals surface area contributed by atoms with Gasteiger partial charge in [-0.3, -0.25) is 9.20 Å². The van der Waals surface area contributed by atoms with E-state index in [1.807, 2.05) is 24.3 Å². The number of carbonyl (C=O) groups is 2. The summed E-state index contributed by atoms with van der Waals surface area (Å²) in [5, 5.41) is 13.8. The third-order valence-electron chi connectivity index (χ3n) is 7.00. The number of carboxylic acid groups (broad SMARTS) is 1. The smallest absolute Gasteiger partial charge is 0.335 e. The molecule has 1 amide bonds. The maximum absolute atomic E-state index is 13.8. The van der Waals surface area contributed by atoms with E-state index >= 15 is 0 Å². The molecule has 0 aliphatic heterocycles. The van der Waals surface area contributed by atoms with Crippen molar-refractivity contribution in [3.05, 3.63) is 143 Å². The molecule has 2 aromatic heterocycles. The number of aromatic carboxylic acids is 1. The molecule has 6 rings (SSSR count). The van der Waals surface area contributed by atoms with Crippen LogP contribution in [0, 0.1) is 11.6 Å². The number of benzene rings is 4. The summed E-state index contributed by atoms with van der Waals surface area (Å²) in [5.41, 5.74) is 4.90. The lowest BCUT2D eigenvalue weighted by atomic mass is 10.0. The van der Waals surface area contributed by atoms with Gasteiger partial charge in [-0.2, -0.15) is 0 Å². The number of carboxylic acids is 1. The maximum atomic E-state index is 13.8.